The number of piperazine rings is 1. The highest BCUT2D eigenvalue weighted by molar-refractivity contribution is 6.31. The van der Waals surface area contributed by atoms with Gasteiger partial charge in [0, 0.05) is 64.3 Å². The number of hydrogen-bond donors (Lipinski definition) is 4. The van der Waals surface area contributed by atoms with Crippen LogP contribution in [0.4, 0.5) is 15.9 Å². The third-order valence-corrected chi connectivity index (χ3v) is 11.8. The number of amides is 4. The van der Waals surface area contributed by atoms with Gasteiger partial charge in [-0.05, 0) is 87.3 Å². The number of ether oxygens (including phenoxy) is 1. The third-order valence-electron chi connectivity index (χ3n) is 11.5. The van der Waals surface area contributed by atoms with Crippen molar-refractivity contribution in [1.29, 1.82) is 5.26 Å². The quantitative estimate of drug-likeness (QED) is 0.204. The van der Waals surface area contributed by atoms with Crippen LogP contribution in [0, 0.1) is 23.1 Å². The lowest BCUT2D eigenvalue weighted by molar-refractivity contribution is -0.134. The standard InChI is InChI=1S/C41H45ClFN9O7/c42-31-19-28(4-1-25(31)22-44)59-27-5-2-26(3-6-27)45-40(56)34-7-9-36(49-48-34)52-13-11-24(12-14-52)23-50-15-17-51(18-16-50)35-21-30(41(57)58)29(20-32(35)43)38(54)46-33-8-10-37(53)47-39(33)55/h1,4,7,9,19-21,24,26-27,33H,2-3,5-6,8,10-18,23H2,(H,45,56)(H,46,54)(H,57,58)(H,47,53,55)/t26-,27-,33?. The summed E-state index contributed by atoms with van der Waals surface area (Å²) in [5.74, 6) is -2.68. The van der Waals surface area contributed by atoms with E-state index in [1.807, 2.05) is 12.1 Å². The Kier molecular flexibility index (Phi) is 12.9. The number of carboxylic acid groups (broad SMARTS) is 1. The molecule has 1 saturated carbocycles. The van der Waals surface area contributed by atoms with Gasteiger partial charge >= 0.3 is 5.97 Å². The molecule has 2 aromatic carbocycles. The topological polar surface area (TPSA) is 210 Å². The fourth-order valence-corrected chi connectivity index (χ4v) is 8.38. The molecule has 4 aliphatic rings. The molecule has 4 amide bonds. The van der Waals surface area contributed by atoms with Crippen molar-refractivity contribution in [2.24, 2.45) is 5.92 Å². The molecule has 310 valence electrons. The van der Waals surface area contributed by atoms with E-state index in [-0.39, 0.29) is 47.8 Å². The van der Waals surface area contributed by atoms with Crippen LogP contribution in [0.15, 0.2) is 42.5 Å². The van der Waals surface area contributed by atoms with Crippen LogP contribution in [0.3, 0.4) is 0 Å². The zero-order chi connectivity index (χ0) is 41.6. The number of anilines is 2. The minimum absolute atomic E-state index is 0.00232. The molecule has 0 radical (unpaired) electrons. The third kappa shape index (κ3) is 10.1. The monoisotopic (exact) mass is 829 g/mol. The average Bonchev–Trinajstić information content (AvgIpc) is 3.23. The number of aromatic carboxylic acids is 1. The van der Waals surface area contributed by atoms with Gasteiger partial charge in [-0.3, -0.25) is 29.4 Å². The summed E-state index contributed by atoms with van der Waals surface area (Å²) in [6.45, 7) is 4.69. The Morgan fingerprint density at radius 2 is 1.63 bits per heavy atom. The van der Waals surface area contributed by atoms with Gasteiger partial charge in [-0.15, -0.1) is 10.2 Å². The number of piperidine rings is 2. The number of halogens is 2. The number of carbonyl (C=O) groups excluding carboxylic acids is 4. The summed E-state index contributed by atoms with van der Waals surface area (Å²) >= 11 is 6.13. The smallest absolute Gasteiger partial charge is 0.336 e. The first-order valence-corrected chi connectivity index (χ1v) is 20.3. The number of hydrogen-bond acceptors (Lipinski definition) is 12. The lowest BCUT2D eigenvalue weighted by atomic mass is 9.93. The predicted molar refractivity (Wildman–Crippen MR) is 213 cm³/mol. The summed E-state index contributed by atoms with van der Waals surface area (Å²) in [5, 5.41) is 35.6. The highest BCUT2D eigenvalue weighted by Gasteiger charge is 2.32. The van der Waals surface area contributed by atoms with Crippen molar-refractivity contribution in [3.05, 3.63) is 75.7 Å². The van der Waals surface area contributed by atoms with Crippen molar-refractivity contribution in [2.75, 3.05) is 55.6 Å². The Hall–Kier alpha value is -5.86. The van der Waals surface area contributed by atoms with E-state index in [1.54, 1.807) is 29.2 Å². The van der Waals surface area contributed by atoms with Crippen LogP contribution in [0.2, 0.25) is 5.02 Å². The van der Waals surface area contributed by atoms with Gasteiger partial charge in [-0.1, -0.05) is 11.6 Å². The molecule has 3 aliphatic heterocycles. The van der Waals surface area contributed by atoms with Gasteiger partial charge in [0.1, 0.15) is 23.7 Å². The van der Waals surface area contributed by atoms with E-state index in [4.69, 9.17) is 21.6 Å². The van der Waals surface area contributed by atoms with E-state index >= 15 is 4.39 Å². The van der Waals surface area contributed by atoms with E-state index in [1.165, 1.54) is 6.07 Å². The minimum atomic E-state index is -1.40. The number of nitrogens with one attached hydrogen (secondary N) is 3. The van der Waals surface area contributed by atoms with Crippen molar-refractivity contribution in [1.82, 2.24) is 31.0 Å². The van der Waals surface area contributed by atoms with Crippen LogP contribution >= 0.6 is 11.6 Å². The fourth-order valence-electron chi connectivity index (χ4n) is 8.17. The molecule has 1 aliphatic carbocycles. The molecular formula is C41H45ClFN9O7. The molecule has 4 fully saturated rings. The van der Waals surface area contributed by atoms with Crippen molar-refractivity contribution in [3.63, 3.8) is 0 Å². The summed E-state index contributed by atoms with van der Waals surface area (Å²) in [6.07, 6.45) is 5.01. The molecular weight excluding hydrogens is 785 g/mol. The number of imide groups is 1. The highest BCUT2D eigenvalue weighted by Crippen LogP contribution is 2.29. The molecule has 0 spiro atoms. The predicted octanol–water partition coefficient (Wildman–Crippen LogP) is 3.53. The van der Waals surface area contributed by atoms with Crippen LogP contribution in [0.25, 0.3) is 0 Å². The molecule has 4 heterocycles. The second-order valence-corrected chi connectivity index (χ2v) is 15.9. The normalized spacial score (nSPS) is 21.6. The molecule has 3 aromatic rings. The first-order valence-electron chi connectivity index (χ1n) is 19.9. The summed E-state index contributed by atoms with van der Waals surface area (Å²) in [6, 6.07) is 11.7. The second kappa shape index (κ2) is 18.4. The minimum Gasteiger partial charge on any atom is -0.490 e. The maximum absolute atomic E-state index is 15.4. The van der Waals surface area contributed by atoms with Crippen LogP contribution < -0.4 is 30.5 Å². The maximum atomic E-state index is 15.4. The Labute approximate surface area is 345 Å². The molecule has 18 heteroatoms. The molecule has 1 unspecified atom stereocenters. The molecule has 59 heavy (non-hydrogen) atoms. The zero-order valence-electron chi connectivity index (χ0n) is 32.3. The lowest BCUT2D eigenvalue weighted by Gasteiger charge is -2.40. The lowest BCUT2D eigenvalue weighted by Crippen LogP contribution is -2.52. The van der Waals surface area contributed by atoms with Crippen molar-refractivity contribution in [3.8, 4) is 11.8 Å². The Bertz CT molecular complexity index is 2130. The molecule has 1 aromatic heterocycles. The van der Waals surface area contributed by atoms with Crippen LogP contribution in [-0.4, -0.2) is 114 Å². The van der Waals surface area contributed by atoms with E-state index < -0.39 is 41.1 Å². The number of rotatable bonds is 11. The molecule has 3 saturated heterocycles. The van der Waals surface area contributed by atoms with E-state index in [0.717, 1.165) is 70.0 Å². The Morgan fingerprint density at radius 3 is 2.27 bits per heavy atom. The Morgan fingerprint density at radius 1 is 0.881 bits per heavy atom. The van der Waals surface area contributed by atoms with Gasteiger partial charge in [-0.25, -0.2) is 9.18 Å². The maximum Gasteiger partial charge on any atom is 0.336 e. The van der Waals surface area contributed by atoms with Crippen LogP contribution in [0.5, 0.6) is 5.75 Å². The van der Waals surface area contributed by atoms with Gasteiger partial charge in [0.2, 0.25) is 11.8 Å². The molecule has 4 N–H and O–H groups in total. The number of benzene rings is 2. The fraction of sp³-hybridized carbons (Fsp3) is 0.463. The van der Waals surface area contributed by atoms with E-state index in [0.29, 0.717) is 48.4 Å². The first kappa shape index (κ1) is 41.3. The van der Waals surface area contributed by atoms with Crippen LogP contribution in [-0.2, 0) is 9.59 Å². The van der Waals surface area contributed by atoms with Crippen molar-refractivity contribution < 1.29 is 38.2 Å². The molecule has 7 rings (SSSR count). The second-order valence-electron chi connectivity index (χ2n) is 15.4. The number of carboxylic acids is 1. The SMILES string of the molecule is N#Cc1ccc(O[C@H]2CC[C@H](NC(=O)c3ccc(N4CCC(CN5CCN(c6cc(C(=O)O)c(C(=O)NC7CCC(=O)NC7=O)cc6F)CC5)CC4)nn3)CC2)cc1Cl. The molecule has 16 nitrogen and oxygen atoms in total. The van der Waals surface area contributed by atoms with Gasteiger partial charge < -0.3 is 30.3 Å². The average molecular weight is 830 g/mol. The van der Waals surface area contributed by atoms with Gasteiger partial charge in [0.25, 0.3) is 11.8 Å². The highest BCUT2D eigenvalue weighted by atomic mass is 35.5. The molecule has 0 bridgehead atoms. The summed E-state index contributed by atoms with van der Waals surface area (Å²) in [7, 11) is 0. The number of nitriles is 1. The van der Waals surface area contributed by atoms with E-state index in [2.05, 4.69) is 35.9 Å². The van der Waals surface area contributed by atoms with Gasteiger partial charge in [0.15, 0.2) is 11.5 Å². The van der Waals surface area contributed by atoms with E-state index in [9.17, 15) is 29.1 Å². The number of nitrogens with zero attached hydrogens (tertiary/aromatic N) is 6. The Balaban J connectivity index is 0.832. The molecule has 1 atom stereocenters. The number of aromatic nitrogens is 2. The first-order chi connectivity index (χ1) is 28.4. The summed E-state index contributed by atoms with van der Waals surface area (Å²) < 4.78 is 21.5. The number of carbonyl (C=O) groups is 5. The van der Waals surface area contributed by atoms with Crippen molar-refractivity contribution in [2.45, 2.75) is 69.6 Å². The zero-order valence-corrected chi connectivity index (χ0v) is 33.0. The largest absolute Gasteiger partial charge is 0.490 e. The van der Waals surface area contributed by atoms with Gasteiger partial charge in [0.05, 0.1) is 33.5 Å². The van der Waals surface area contributed by atoms with Gasteiger partial charge in [-0.2, -0.15) is 5.26 Å². The summed E-state index contributed by atoms with van der Waals surface area (Å²) in [5.41, 5.74) is -0.0153. The van der Waals surface area contributed by atoms with Crippen LogP contribution in [0.1, 0.15) is 88.1 Å². The summed E-state index contributed by atoms with van der Waals surface area (Å²) in [4.78, 5) is 67.9. The van der Waals surface area contributed by atoms with Crippen molar-refractivity contribution >= 4 is 52.7 Å².